The highest BCUT2D eigenvalue weighted by molar-refractivity contribution is 5.90. The van der Waals surface area contributed by atoms with E-state index in [1.807, 2.05) is 96.0 Å². The summed E-state index contributed by atoms with van der Waals surface area (Å²) in [6.07, 6.45) is 3.90. The lowest BCUT2D eigenvalue weighted by atomic mass is 10.1. The van der Waals surface area contributed by atoms with E-state index in [1.165, 1.54) is 0 Å². The molecular weight excluding hydrogens is 306 g/mol. The van der Waals surface area contributed by atoms with Gasteiger partial charge in [-0.1, -0.05) is 66.7 Å². The van der Waals surface area contributed by atoms with E-state index in [4.69, 9.17) is 5.10 Å². The summed E-state index contributed by atoms with van der Waals surface area (Å²) >= 11 is 0. The van der Waals surface area contributed by atoms with Crippen molar-refractivity contribution in [2.24, 2.45) is 4.99 Å². The molecule has 0 amide bonds. The fourth-order valence-corrected chi connectivity index (χ4v) is 2.67. The van der Waals surface area contributed by atoms with E-state index < -0.39 is 0 Å². The Labute approximate surface area is 146 Å². The second-order valence-corrected chi connectivity index (χ2v) is 5.67. The van der Waals surface area contributed by atoms with Crippen LogP contribution in [-0.4, -0.2) is 16.0 Å². The maximum atomic E-state index is 4.79. The summed E-state index contributed by atoms with van der Waals surface area (Å²) in [5.74, 6) is 0. The number of nitrogens with zero attached hydrogens (tertiary/aromatic N) is 3. The molecule has 0 N–H and O–H groups in total. The maximum Gasteiger partial charge on any atom is 0.101 e. The average molecular weight is 323 g/mol. The van der Waals surface area contributed by atoms with Gasteiger partial charge in [0.25, 0.3) is 0 Å². The summed E-state index contributed by atoms with van der Waals surface area (Å²) in [6.45, 7) is 0. The van der Waals surface area contributed by atoms with Crippen LogP contribution in [0.15, 0.2) is 102 Å². The zero-order valence-corrected chi connectivity index (χ0v) is 13.7. The normalized spacial score (nSPS) is 11.0. The van der Waals surface area contributed by atoms with Crippen LogP contribution in [0.1, 0.15) is 5.56 Å². The average Bonchev–Trinajstić information content (AvgIpc) is 3.13. The zero-order chi connectivity index (χ0) is 16.9. The molecule has 0 bridgehead atoms. The van der Waals surface area contributed by atoms with Gasteiger partial charge in [0.2, 0.25) is 0 Å². The molecule has 3 nitrogen and oxygen atoms in total. The molecule has 0 aliphatic carbocycles. The van der Waals surface area contributed by atoms with Gasteiger partial charge < -0.3 is 0 Å². The van der Waals surface area contributed by atoms with E-state index in [0.29, 0.717) is 0 Å². The summed E-state index contributed by atoms with van der Waals surface area (Å²) < 4.78 is 1.90. The van der Waals surface area contributed by atoms with Gasteiger partial charge in [-0.15, -0.1) is 0 Å². The van der Waals surface area contributed by atoms with Crippen molar-refractivity contribution in [3.05, 3.63) is 103 Å². The number of para-hydroxylation sites is 2. The van der Waals surface area contributed by atoms with Crippen molar-refractivity contribution in [3.63, 3.8) is 0 Å². The van der Waals surface area contributed by atoms with Gasteiger partial charge in [0.05, 0.1) is 11.4 Å². The van der Waals surface area contributed by atoms with Crippen LogP contribution in [0.5, 0.6) is 0 Å². The Morgan fingerprint density at radius 2 is 1.32 bits per heavy atom. The predicted molar refractivity (Wildman–Crippen MR) is 103 cm³/mol. The molecule has 0 unspecified atom stereocenters. The molecule has 0 saturated heterocycles. The number of hydrogen-bond donors (Lipinski definition) is 0. The van der Waals surface area contributed by atoms with Crippen LogP contribution in [-0.2, 0) is 0 Å². The third kappa shape index (κ3) is 3.40. The zero-order valence-electron chi connectivity index (χ0n) is 13.7. The van der Waals surface area contributed by atoms with Crippen molar-refractivity contribution < 1.29 is 0 Å². The van der Waals surface area contributed by atoms with Crippen LogP contribution >= 0.6 is 0 Å². The quantitative estimate of drug-likeness (QED) is 0.469. The van der Waals surface area contributed by atoms with Crippen molar-refractivity contribution in [2.45, 2.75) is 0 Å². The molecule has 3 heteroatoms. The molecule has 0 aliphatic heterocycles. The van der Waals surface area contributed by atoms with Gasteiger partial charge in [-0.05, 0) is 24.3 Å². The smallest absolute Gasteiger partial charge is 0.101 e. The monoisotopic (exact) mass is 323 g/mol. The van der Waals surface area contributed by atoms with Gasteiger partial charge in [-0.2, -0.15) is 5.10 Å². The molecule has 4 rings (SSSR count). The summed E-state index contributed by atoms with van der Waals surface area (Å²) in [5, 5.41) is 4.79. The Hall–Kier alpha value is -3.46. The number of aromatic nitrogens is 2. The van der Waals surface area contributed by atoms with E-state index >= 15 is 0 Å². The Morgan fingerprint density at radius 1 is 0.720 bits per heavy atom. The minimum atomic E-state index is 0.920. The maximum absolute atomic E-state index is 4.79. The first-order valence-electron chi connectivity index (χ1n) is 8.20. The lowest BCUT2D eigenvalue weighted by Crippen LogP contribution is -1.93. The first-order chi connectivity index (χ1) is 12.4. The second-order valence-electron chi connectivity index (χ2n) is 5.67. The van der Waals surface area contributed by atoms with Crippen LogP contribution in [0, 0.1) is 0 Å². The molecule has 1 aromatic heterocycles. The molecule has 0 spiro atoms. The molecule has 1 heterocycles. The molecule has 4 aromatic rings. The van der Waals surface area contributed by atoms with Crippen molar-refractivity contribution in [1.82, 2.24) is 9.78 Å². The van der Waals surface area contributed by atoms with E-state index in [-0.39, 0.29) is 0 Å². The largest absolute Gasteiger partial charge is 0.256 e. The van der Waals surface area contributed by atoms with Gasteiger partial charge in [-0.25, -0.2) is 4.68 Å². The Kier molecular flexibility index (Phi) is 4.21. The van der Waals surface area contributed by atoms with Gasteiger partial charge in [0, 0.05) is 23.5 Å². The van der Waals surface area contributed by atoms with Crippen molar-refractivity contribution in [3.8, 4) is 16.9 Å². The number of aliphatic imine (C=N–C) groups is 1. The van der Waals surface area contributed by atoms with E-state index in [2.05, 4.69) is 17.1 Å². The lowest BCUT2D eigenvalue weighted by molar-refractivity contribution is 0.884. The topological polar surface area (TPSA) is 30.2 Å². The molecule has 120 valence electrons. The third-order valence-electron chi connectivity index (χ3n) is 3.92. The highest BCUT2D eigenvalue weighted by Crippen LogP contribution is 2.23. The minimum Gasteiger partial charge on any atom is -0.256 e. The molecule has 0 fully saturated rings. The van der Waals surface area contributed by atoms with Crippen molar-refractivity contribution in [2.75, 3.05) is 0 Å². The van der Waals surface area contributed by atoms with Crippen LogP contribution in [0.3, 0.4) is 0 Å². The van der Waals surface area contributed by atoms with Crippen LogP contribution in [0.25, 0.3) is 16.9 Å². The van der Waals surface area contributed by atoms with Crippen LogP contribution in [0.4, 0.5) is 5.69 Å². The number of hydrogen-bond acceptors (Lipinski definition) is 2. The van der Waals surface area contributed by atoms with E-state index in [9.17, 15) is 0 Å². The predicted octanol–water partition coefficient (Wildman–Crippen LogP) is 5.29. The SMILES string of the molecule is C(=N\c1ccccc1)/c1cn(-c2ccccc2)nc1-c1ccccc1. The fourth-order valence-electron chi connectivity index (χ4n) is 2.67. The molecule has 0 radical (unpaired) electrons. The minimum absolute atomic E-state index is 0.920. The van der Waals surface area contributed by atoms with Crippen molar-refractivity contribution in [1.29, 1.82) is 0 Å². The second kappa shape index (κ2) is 6.97. The Balaban J connectivity index is 1.78. The molecular formula is C22H17N3. The first-order valence-corrected chi connectivity index (χ1v) is 8.20. The van der Waals surface area contributed by atoms with Crippen LogP contribution in [0.2, 0.25) is 0 Å². The third-order valence-corrected chi connectivity index (χ3v) is 3.92. The molecule has 0 aliphatic rings. The summed E-state index contributed by atoms with van der Waals surface area (Å²) in [7, 11) is 0. The summed E-state index contributed by atoms with van der Waals surface area (Å²) in [6, 6.07) is 30.2. The molecule has 3 aromatic carbocycles. The number of rotatable bonds is 4. The highest BCUT2D eigenvalue weighted by atomic mass is 15.3. The molecule has 0 atom stereocenters. The molecule has 0 saturated carbocycles. The highest BCUT2D eigenvalue weighted by Gasteiger charge is 2.10. The summed E-state index contributed by atoms with van der Waals surface area (Å²) in [4.78, 5) is 4.59. The van der Waals surface area contributed by atoms with Crippen LogP contribution < -0.4 is 0 Å². The molecule has 25 heavy (non-hydrogen) atoms. The fraction of sp³-hybridized carbons (Fsp3) is 0. The Bertz CT molecular complexity index is 972. The van der Waals surface area contributed by atoms with Gasteiger partial charge in [0.1, 0.15) is 5.69 Å². The first kappa shape index (κ1) is 15.1. The standard InChI is InChI=1S/C22H17N3/c1-4-10-18(11-5-1)22-19(16-23-20-12-6-2-7-13-20)17-25(24-22)21-14-8-3-9-15-21/h1-17H/b23-16+. The van der Waals surface area contributed by atoms with E-state index in [1.54, 1.807) is 0 Å². The lowest BCUT2D eigenvalue weighted by Gasteiger charge is -2.00. The van der Waals surface area contributed by atoms with E-state index in [0.717, 1.165) is 28.2 Å². The number of benzene rings is 3. The van der Waals surface area contributed by atoms with Gasteiger partial charge in [-0.3, -0.25) is 4.99 Å². The summed E-state index contributed by atoms with van der Waals surface area (Å²) in [5.41, 5.74) is 4.93. The Morgan fingerprint density at radius 3 is 2.00 bits per heavy atom. The van der Waals surface area contributed by atoms with Gasteiger partial charge >= 0.3 is 0 Å². The van der Waals surface area contributed by atoms with Crippen molar-refractivity contribution >= 4 is 11.9 Å². The van der Waals surface area contributed by atoms with Gasteiger partial charge in [0.15, 0.2) is 0 Å².